The Morgan fingerprint density at radius 1 is 1.23 bits per heavy atom. The first-order chi connectivity index (χ1) is 14.6. The smallest absolute Gasteiger partial charge is 0.00580 e. The Balaban J connectivity index is 2.12. The zero-order valence-corrected chi connectivity index (χ0v) is 20.1. The predicted molar refractivity (Wildman–Crippen MR) is 137 cm³/mol. The van der Waals surface area contributed by atoms with Gasteiger partial charge in [0.25, 0.3) is 0 Å². The molecule has 3 atom stereocenters. The molecule has 1 fully saturated rings. The quantitative estimate of drug-likeness (QED) is 0.255. The molecule has 0 nitrogen and oxygen atoms in total. The van der Waals surface area contributed by atoms with Gasteiger partial charge in [-0.05, 0) is 97.8 Å². The van der Waals surface area contributed by atoms with Crippen molar-refractivity contribution in [3.8, 4) is 12.3 Å². The molecular weight excluding hydrogens is 380 g/mol. The Morgan fingerprint density at radius 2 is 2.00 bits per heavy atom. The molecule has 0 spiro atoms. The molecule has 0 aliphatic heterocycles. The molecule has 2 rings (SSSR count). The van der Waals surface area contributed by atoms with Gasteiger partial charge in [-0.3, -0.25) is 0 Å². The number of terminal acetylenes is 1. The zero-order chi connectivity index (χ0) is 21.8. The fourth-order valence-corrected chi connectivity index (χ4v) is 6.67. The van der Waals surface area contributed by atoms with Crippen molar-refractivity contribution in [3.63, 3.8) is 0 Å². The normalized spacial score (nSPS) is 24.7. The van der Waals surface area contributed by atoms with Crippen LogP contribution in [0.1, 0.15) is 83.6 Å². The summed E-state index contributed by atoms with van der Waals surface area (Å²) in [7, 11) is 0. The van der Waals surface area contributed by atoms with Crippen LogP contribution in [0.5, 0.6) is 0 Å². The van der Waals surface area contributed by atoms with Crippen LogP contribution in [0.15, 0.2) is 66.3 Å². The second-order valence-corrected chi connectivity index (χ2v) is 10.4. The molecule has 0 radical (unpaired) electrons. The van der Waals surface area contributed by atoms with Gasteiger partial charge in [-0.25, -0.2) is 0 Å². The van der Waals surface area contributed by atoms with E-state index in [-0.39, 0.29) is 0 Å². The summed E-state index contributed by atoms with van der Waals surface area (Å²) in [6, 6.07) is 11.2. The van der Waals surface area contributed by atoms with Crippen molar-refractivity contribution in [1.82, 2.24) is 0 Å². The third kappa shape index (κ3) is 7.24. The van der Waals surface area contributed by atoms with Gasteiger partial charge in [0.1, 0.15) is 0 Å². The average molecular weight is 421 g/mol. The lowest BCUT2D eigenvalue weighted by Gasteiger charge is -2.45. The fourth-order valence-electron chi connectivity index (χ4n) is 5.36. The van der Waals surface area contributed by atoms with Gasteiger partial charge < -0.3 is 0 Å². The Kier molecular flexibility index (Phi) is 10.6. The summed E-state index contributed by atoms with van der Waals surface area (Å²) in [5, 5.41) is 0.786. The highest BCUT2D eigenvalue weighted by Gasteiger charge is 2.40. The van der Waals surface area contributed by atoms with Crippen molar-refractivity contribution < 1.29 is 0 Å². The molecule has 0 amide bonds. The Bertz CT molecular complexity index is 748. The van der Waals surface area contributed by atoms with Gasteiger partial charge in [0.2, 0.25) is 0 Å². The molecule has 1 saturated carbocycles. The van der Waals surface area contributed by atoms with Gasteiger partial charge >= 0.3 is 0 Å². The predicted octanol–water partition coefficient (Wildman–Crippen LogP) is 8.72. The van der Waals surface area contributed by atoms with E-state index in [9.17, 15) is 0 Å². The lowest BCUT2D eigenvalue weighted by molar-refractivity contribution is 0.140. The van der Waals surface area contributed by atoms with Crippen LogP contribution in [-0.4, -0.2) is 11.0 Å². The number of allylic oxidation sites excluding steroid dienone is 5. The van der Waals surface area contributed by atoms with Crippen molar-refractivity contribution in [2.24, 2.45) is 5.41 Å². The molecule has 0 aromatic heterocycles. The molecular formula is C29H40S. The number of benzene rings is 1. The topological polar surface area (TPSA) is 0 Å². The van der Waals surface area contributed by atoms with Gasteiger partial charge in [0, 0.05) is 5.25 Å². The minimum atomic E-state index is 0.464. The molecule has 1 aromatic rings. The average Bonchev–Trinajstić information content (AvgIpc) is 2.75. The monoisotopic (exact) mass is 420 g/mol. The van der Waals surface area contributed by atoms with Crippen molar-refractivity contribution in [3.05, 3.63) is 71.8 Å². The third-order valence-electron chi connectivity index (χ3n) is 6.61. The highest BCUT2D eigenvalue weighted by atomic mass is 32.2. The fraction of sp³-hybridized carbons (Fsp3) is 0.517. The van der Waals surface area contributed by atoms with Crippen molar-refractivity contribution in [2.45, 2.75) is 83.3 Å². The van der Waals surface area contributed by atoms with E-state index in [1.807, 2.05) is 6.08 Å². The molecule has 162 valence electrons. The SMILES string of the molecule is C#C/C=C\C(=C/C)C(=C)CCCC1(CCC)CC(SCC)CC(c2ccccc2)C1. The Hall–Kier alpha value is -1.65. The summed E-state index contributed by atoms with van der Waals surface area (Å²) in [6.45, 7) is 11.1. The summed E-state index contributed by atoms with van der Waals surface area (Å²) < 4.78 is 0. The maximum absolute atomic E-state index is 5.38. The molecule has 0 N–H and O–H groups in total. The van der Waals surface area contributed by atoms with Gasteiger partial charge in [-0.15, -0.1) is 6.42 Å². The lowest BCUT2D eigenvalue weighted by Crippen LogP contribution is -2.34. The van der Waals surface area contributed by atoms with Gasteiger partial charge in [-0.1, -0.05) is 69.2 Å². The van der Waals surface area contributed by atoms with E-state index in [1.165, 1.54) is 61.8 Å². The summed E-state index contributed by atoms with van der Waals surface area (Å²) in [4.78, 5) is 0. The second-order valence-electron chi connectivity index (χ2n) is 8.78. The van der Waals surface area contributed by atoms with Crippen LogP contribution in [0, 0.1) is 17.8 Å². The largest absolute Gasteiger partial charge is 0.159 e. The van der Waals surface area contributed by atoms with Gasteiger partial charge in [0.15, 0.2) is 0 Å². The number of hydrogen-bond donors (Lipinski definition) is 0. The first kappa shape index (κ1) is 24.6. The Labute approximate surface area is 190 Å². The minimum absolute atomic E-state index is 0.464. The first-order valence-corrected chi connectivity index (χ1v) is 12.8. The number of hydrogen-bond acceptors (Lipinski definition) is 1. The van der Waals surface area contributed by atoms with Crippen molar-refractivity contribution in [1.29, 1.82) is 0 Å². The minimum Gasteiger partial charge on any atom is -0.159 e. The zero-order valence-electron chi connectivity index (χ0n) is 19.3. The molecule has 0 bridgehead atoms. The molecule has 1 heteroatoms. The molecule has 1 aliphatic rings. The van der Waals surface area contributed by atoms with Crippen LogP contribution >= 0.6 is 11.8 Å². The van der Waals surface area contributed by atoms with E-state index in [1.54, 1.807) is 11.6 Å². The molecule has 3 unspecified atom stereocenters. The highest BCUT2D eigenvalue weighted by Crippen LogP contribution is 2.52. The number of thioether (sulfide) groups is 1. The maximum Gasteiger partial charge on any atom is 0.00580 e. The summed E-state index contributed by atoms with van der Waals surface area (Å²) in [5.74, 6) is 4.51. The highest BCUT2D eigenvalue weighted by molar-refractivity contribution is 7.99. The van der Waals surface area contributed by atoms with Crippen LogP contribution in [-0.2, 0) is 0 Å². The Morgan fingerprint density at radius 3 is 2.63 bits per heavy atom. The van der Waals surface area contributed by atoms with Crippen LogP contribution < -0.4 is 0 Å². The molecule has 1 aliphatic carbocycles. The van der Waals surface area contributed by atoms with E-state index in [4.69, 9.17) is 6.42 Å². The van der Waals surface area contributed by atoms with E-state index in [0.29, 0.717) is 11.3 Å². The van der Waals surface area contributed by atoms with E-state index in [2.05, 4.69) is 81.4 Å². The number of rotatable bonds is 11. The molecule has 1 aromatic carbocycles. The summed E-state index contributed by atoms with van der Waals surface area (Å²) in [6.07, 6.45) is 21.5. The summed E-state index contributed by atoms with van der Waals surface area (Å²) >= 11 is 2.18. The first-order valence-electron chi connectivity index (χ1n) is 11.7. The van der Waals surface area contributed by atoms with Gasteiger partial charge in [0.05, 0.1) is 0 Å². The van der Waals surface area contributed by atoms with E-state index in [0.717, 1.165) is 11.7 Å². The standard InChI is InChI=1S/C29H40S/c1-6-10-16-25(8-3)24(5)15-14-20-29(19-7-2)22-27(21-28(23-29)30-9-4)26-17-12-11-13-18-26/h1,8,10-13,16-18,27-28H,5,7,9,14-15,19-23H2,2-4H3/b16-10-,25-8+. The van der Waals surface area contributed by atoms with Crippen LogP contribution in [0.25, 0.3) is 0 Å². The van der Waals surface area contributed by atoms with Crippen LogP contribution in [0.3, 0.4) is 0 Å². The third-order valence-corrected chi connectivity index (χ3v) is 7.77. The van der Waals surface area contributed by atoms with Crippen LogP contribution in [0.4, 0.5) is 0 Å². The maximum atomic E-state index is 5.38. The van der Waals surface area contributed by atoms with Crippen molar-refractivity contribution >= 4 is 11.8 Å². The molecule has 0 heterocycles. The summed E-state index contributed by atoms with van der Waals surface area (Å²) in [5.41, 5.74) is 4.40. The lowest BCUT2D eigenvalue weighted by atomic mass is 9.63. The molecule has 0 saturated heterocycles. The van der Waals surface area contributed by atoms with E-state index >= 15 is 0 Å². The van der Waals surface area contributed by atoms with Crippen LogP contribution in [0.2, 0.25) is 0 Å². The van der Waals surface area contributed by atoms with Gasteiger partial charge in [-0.2, -0.15) is 11.8 Å². The van der Waals surface area contributed by atoms with Crippen molar-refractivity contribution in [2.75, 3.05) is 5.75 Å². The molecule has 30 heavy (non-hydrogen) atoms. The van der Waals surface area contributed by atoms with E-state index < -0.39 is 0 Å². The second kappa shape index (κ2) is 12.9.